The molecule has 0 bridgehead atoms. The molecule has 3 aromatic rings. The molecular weight excluding hydrogens is 354 g/mol. The Morgan fingerprint density at radius 1 is 1.28 bits per heavy atom. The first-order valence-corrected chi connectivity index (χ1v) is 9.60. The van der Waals surface area contributed by atoms with E-state index >= 15 is 0 Å². The number of nitrogens with one attached hydrogen (secondary N) is 1. The number of thioether (sulfide) groups is 1. The Morgan fingerprint density at radius 2 is 2.12 bits per heavy atom. The van der Waals surface area contributed by atoms with Gasteiger partial charge < -0.3 is 9.73 Å². The zero-order valence-electron chi connectivity index (χ0n) is 14.3. The van der Waals surface area contributed by atoms with Crippen LogP contribution in [-0.2, 0) is 6.54 Å². The molecule has 0 saturated carbocycles. The average molecular weight is 374 g/mol. The van der Waals surface area contributed by atoms with Gasteiger partial charge >= 0.3 is 0 Å². The molecule has 1 atom stereocenters. The number of hydrogen-bond donors (Lipinski definition) is 1. The zero-order chi connectivity index (χ0) is 17.8. The van der Waals surface area contributed by atoms with Crippen LogP contribution in [0.1, 0.15) is 34.2 Å². The molecule has 5 nitrogen and oxygen atoms in total. The van der Waals surface area contributed by atoms with Crippen molar-refractivity contribution in [1.82, 2.24) is 10.2 Å². The average Bonchev–Trinajstić information content (AvgIpc) is 3.26. The Kier molecular flexibility index (Phi) is 5.55. The number of hydrogen-bond acceptors (Lipinski definition) is 7. The van der Waals surface area contributed by atoms with Gasteiger partial charge in [-0.15, -0.1) is 10.2 Å². The second kappa shape index (κ2) is 7.84. The number of furan rings is 1. The molecule has 130 valence electrons. The highest BCUT2D eigenvalue weighted by atomic mass is 32.2. The Labute approximate surface area is 154 Å². The molecule has 2 heterocycles. The van der Waals surface area contributed by atoms with Crippen molar-refractivity contribution in [2.24, 2.45) is 0 Å². The van der Waals surface area contributed by atoms with E-state index in [-0.39, 0.29) is 11.0 Å². The van der Waals surface area contributed by atoms with Gasteiger partial charge in [-0.25, -0.2) is 0 Å². The molecule has 3 rings (SSSR count). The van der Waals surface area contributed by atoms with Gasteiger partial charge in [-0.1, -0.05) is 35.2 Å². The molecule has 0 spiro atoms. The summed E-state index contributed by atoms with van der Waals surface area (Å²) < 4.78 is 6.04. The Hall–Kier alpha value is -2.12. The number of aryl methyl sites for hydroxylation is 2. The molecule has 0 amide bonds. The van der Waals surface area contributed by atoms with Crippen molar-refractivity contribution in [3.8, 4) is 0 Å². The van der Waals surface area contributed by atoms with Crippen molar-refractivity contribution in [3.63, 3.8) is 0 Å². The van der Waals surface area contributed by atoms with Crippen LogP contribution < -0.4 is 5.32 Å². The molecule has 2 aromatic heterocycles. The predicted octanol–water partition coefficient (Wildman–Crippen LogP) is 4.72. The first-order chi connectivity index (χ1) is 12.0. The maximum atomic E-state index is 12.6. The van der Waals surface area contributed by atoms with E-state index < -0.39 is 0 Å². The minimum Gasteiger partial charge on any atom is -0.467 e. The summed E-state index contributed by atoms with van der Waals surface area (Å²) in [4.78, 5) is 12.6. The summed E-state index contributed by atoms with van der Waals surface area (Å²) in [6.07, 6.45) is 1.64. The molecule has 0 radical (unpaired) electrons. The highest BCUT2D eigenvalue weighted by Crippen LogP contribution is 2.30. The van der Waals surface area contributed by atoms with Crippen LogP contribution in [0.3, 0.4) is 0 Å². The van der Waals surface area contributed by atoms with E-state index in [9.17, 15) is 4.79 Å². The molecule has 25 heavy (non-hydrogen) atoms. The van der Waals surface area contributed by atoms with Crippen LogP contribution in [0, 0.1) is 13.8 Å². The molecule has 0 aliphatic heterocycles. The van der Waals surface area contributed by atoms with E-state index in [1.165, 1.54) is 28.7 Å². The third kappa shape index (κ3) is 4.49. The first-order valence-electron chi connectivity index (χ1n) is 7.91. The van der Waals surface area contributed by atoms with Crippen molar-refractivity contribution in [1.29, 1.82) is 0 Å². The molecule has 1 unspecified atom stereocenters. The highest BCUT2D eigenvalue weighted by molar-refractivity contribution is 8.02. The smallest absolute Gasteiger partial charge is 0.206 e. The van der Waals surface area contributed by atoms with Gasteiger partial charge in [-0.3, -0.25) is 4.79 Å². The third-order valence-corrected chi connectivity index (χ3v) is 5.90. The summed E-state index contributed by atoms with van der Waals surface area (Å²) in [5, 5.41) is 11.9. The number of benzene rings is 1. The number of rotatable bonds is 7. The summed E-state index contributed by atoms with van der Waals surface area (Å²) in [5.41, 5.74) is 3.06. The highest BCUT2D eigenvalue weighted by Gasteiger charge is 2.19. The molecule has 1 aromatic carbocycles. The second-order valence-corrected chi connectivity index (χ2v) is 8.29. The number of nitrogens with zero attached hydrogens (tertiary/aromatic N) is 2. The summed E-state index contributed by atoms with van der Waals surface area (Å²) in [6, 6.07) is 9.57. The lowest BCUT2D eigenvalue weighted by atomic mass is 10.0. The van der Waals surface area contributed by atoms with Crippen LogP contribution >= 0.6 is 23.1 Å². The van der Waals surface area contributed by atoms with Gasteiger partial charge in [-0.05, 0) is 50.1 Å². The summed E-state index contributed by atoms with van der Waals surface area (Å²) >= 11 is 2.87. The topological polar surface area (TPSA) is 68.0 Å². The minimum absolute atomic E-state index is 0.105. The lowest BCUT2D eigenvalue weighted by Crippen LogP contribution is -2.13. The molecule has 0 fully saturated rings. The van der Waals surface area contributed by atoms with E-state index in [4.69, 9.17) is 4.42 Å². The Balaban J connectivity index is 1.59. The number of ketones is 1. The standard InChI is InChI=1S/C18H19N3O2S2/c1-11-6-7-14(9-12(11)2)16(22)13(3)24-18-21-20-17(25-18)19-10-15-5-4-8-23-15/h4-9,13H,10H2,1-3H3,(H,19,20). The van der Waals surface area contributed by atoms with Crippen molar-refractivity contribution < 1.29 is 9.21 Å². The maximum absolute atomic E-state index is 12.6. The molecule has 7 heteroatoms. The molecule has 0 aliphatic rings. The van der Waals surface area contributed by atoms with Crippen LogP contribution in [-0.4, -0.2) is 21.2 Å². The third-order valence-electron chi connectivity index (χ3n) is 3.84. The molecule has 0 aliphatic carbocycles. The van der Waals surface area contributed by atoms with Crippen molar-refractivity contribution in [2.75, 3.05) is 5.32 Å². The van der Waals surface area contributed by atoms with Crippen LogP contribution in [0.25, 0.3) is 0 Å². The Morgan fingerprint density at radius 3 is 2.84 bits per heavy atom. The fourth-order valence-electron chi connectivity index (χ4n) is 2.24. The fraction of sp³-hybridized carbons (Fsp3) is 0.278. The van der Waals surface area contributed by atoms with Crippen LogP contribution in [0.15, 0.2) is 45.4 Å². The predicted molar refractivity (Wildman–Crippen MR) is 102 cm³/mol. The lowest BCUT2D eigenvalue weighted by Gasteiger charge is -2.09. The first kappa shape index (κ1) is 17.7. The van der Waals surface area contributed by atoms with Gasteiger partial charge in [0.1, 0.15) is 5.76 Å². The monoisotopic (exact) mass is 373 g/mol. The van der Waals surface area contributed by atoms with E-state index in [1.807, 2.05) is 51.1 Å². The van der Waals surface area contributed by atoms with E-state index in [0.29, 0.717) is 11.7 Å². The summed E-state index contributed by atoms with van der Waals surface area (Å²) in [5.74, 6) is 0.941. The van der Waals surface area contributed by atoms with Gasteiger partial charge in [0, 0.05) is 5.56 Å². The minimum atomic E-state index is -0.215. The van der Waals surface area contributed by atoms with Crippen LogP contribution in [0.5, 0.6) is 0 Å². The van der Waals surface area contributed by atoms with Crippen LogP contribution in [0.2, 0.25) is 0 Å². The number of anilines is 1. The van der Waals surface area contributed by atoms with E-state index in [2.05, 4.69) is 15.5 Å². The normalized spacial score (nSPS) is 12.1. The van der Waals surface area contributed by atoms with Gasteiger partial charge in [0.05, 0.1) is 18.1 Å². The number of carbonyl (C=O) groups excluding carboxylic acids is 1. The summed E-state index contributed by atoms with van der Waals surface area (Å²) in [7, 11) is 0. The molecule has 0 saturated heterocycles. The van der Waals surface area contributed by atoms with Crippen LogP contribution in [0.4, 0.5) is 5.13 Å². The molecular formula is C18H19N3O2S2. The maximum Gasteiger partial charge on any atom is 0.206 e. The summed E-state index contributed by atoms with van der Waals surface area (Å²) in [6.45, 7) is 6.52. The van der Waals surface area contributed by atoms with Crippen molar-refractivity contribution in [2.45, 2.75) is 36.9 Å². The number of Topliss-reactive ketones (excluding diaryl/α,β-unsaturated/α-hetero) is 1. The number of carbonyl (C=O) groups is 1. The second-order valence-electron chi connectivity index (χ2n) is 5.73. The largest absolute Gasteiger partial charge is 0.467 e. The number of aromatic nitrogens is 2. The SMILES string of the molecule is Cc1ccc(C(=O)C(C)Sc2nnc(NCc3ccco3)s2)cc1C. The fourth-order valence-corrected chi connectivity index (χ4v) is 4.21. The van der Waals surface area contributed by atoms with E-state index in [0.717, 1.165) is 21.2 Å². The molecule has 1 N–H and O–H groups in total. The lowest BCUT2D eigenvalue weighted by molar-refractivity contribution is 0.0994. The van der Waals surface area contributed by atoms with E-state index in [1.54, 1.807) is 6.26 Å². The van der Waals surface area contributed by atoms with Gasteiger partial charge in [0.25, 0.3) is 0 Å². The van der Waals surface area contributed by atoms with Crippen molar-refractivity contribution in [3.05, 3.63) is 59.0 Å². The van der Waals surface area contributed by atoms with Gasteiger partial charge in [-0.2, -0.15) is 0 Å². The van der Waals surface area contributed by atoms with Crippen molar-refractivity contribution >= 4 is 34.0 Å². The van der Waals surface area contributed by atoms with Gasteiger partial charge in [0.15, 0.2) is 10.1 Å². The van der Waals surface area contributed by atoms with Gasteiger partial charge in [0.2, 0.25) is 5.13 Å². The quantitative estimate of drug-likeness (QED) is 0.477. The Bertz CT molecular complexity index is 859. The zero-order valence-corrected chi connectivity index (χ0v) is 15.9.